The summed E-state index contributed by atoms with van der Waals surface area (Å²) in [6, 6.07) is 4.77. The summed E-state index contributed by atoms with van der Waals surface area (Å²) in [4.78, 5) is 0. The van der Waals surface area contributed by atoms with E-state index in [9.17, 15) is 4.39 Å². The van der Waals surface area contributed by atoms with Gasteiger partial charge in [-0.15, -0.1) is 12.4 Å². The first-order valence-electron chi connectivity index (χ1n) is 4.16. The maximum atomic E-state index is 12.7. The third-order valence-corrected chi connectivity index (χ3v) is 2.07. The van der Waals surface area contributed by atoms with Gasteiger partial charge in [-0.1, -0.05) is 13.0 Å². The van der Waals surface area contributed by atoms with Crippen molar-refractivity contribution in [2.75, 3.05) is 0 Å². The van der Waals surface area contributed by atoms with E-state index < -0.39 is 0 Å². The molecule has 2 N–H and O–H groups in total. The Bertz CT molecular complexity index is 276. The lowest BCUT2D eigenvalue weighted by molar-refractivity contribution is 0.621. The summed E-state index contributed by atoms with van der Waals surface area (Å²) in [5.74, 6) is -0.195. The van der Waals surface area contributed by atoms with Crippen molar-refractivity contribution < 1.29 is 4.39 Å². The first-order valence-corrected chi connectivity index (χ1v) is 4.16. The molecule has 0 aromatic heterocycles. The summed E-state index contributed by atoms with van der Waals surface area (Å²) in [5, 5.41) is 0. The fourth-order valence-corrected chi connectivity index (χ4v) is 1.28. The molecule has 0 bridgehead atoms. The minimum atomic E-state index is -0.195. The molecule has 1 aromatic rings. The molecule has 1 rings (SSSR count). The molecule has 13 heavy (non-hydrogen) atoms. The van der Waals surface area contributed by atoms with Crippen molar-refractivity contribution in [3.63, 3.8) is 0 Å². The fourth-order valence-electron chi connectivity index (χ4n) is 1.28. The lowest BCUT2D eigenvalue weighted by Gasteiger charge is -2.11. The van der Waals surface area contributed by atoms with Crippen molar-refractivity contribution in [1.82, 2.24) is 0 Å². The second-order valence-corrected chi connectivity index (χ2v) is 3.02. The molecule has 1 aromatic carbocycles. The molecular formula is C10H15ClFN. The topological polar surface area (TPSA) is 26.0 Å². The average molecular weight is 204 g/mol. The van der Waals surface area contributed by atoms with Crippen molar-refractivity contribution in [3.05, 3.63) is 35.1 Å². The number of hydrogen-bond donors (Lipinski definition) is 1. The third-order valence-electron chi connectivity index (χ3n) is 2.07. The molecule has 0 amide bonds. The highest BCUT2D eigenvalue weighted by Crippen LogP contribution is 2.18. The highest BCUT2D eigenvalue weighted by Gasteiger charge is 2.06. The van der Waals surface area contributed by atoms with Crippen molar-refractivity contribution >= 4 is 12.4 Å². The largest absolute Gasteiger partial charge is 0.324 e. The van der Waals surface area contributed by atoms with Crippen LogP contribution in [0, 0.1) is 12.7 Å². The molecule has 74 valence electrons. The molecule has 0 spiro atoms. The summed E-state index contributed by atoms with van der Waals surface area (Å²) in [6.45, 7) is 3.90. The molecule has 0 aliphatic rings. The monoisotopic (exact) mass is 203 g/mol. The SMILES string of the molecule is CC[C@H](N)c1ccc(F)cc1C.Cl. The van der Waals surface area contributed by atoms with Gasteiger partial charge in [0.05, 0.1) is 0 Å². The van der Waals surface area contributed by atoms with E-state index in [1.54, 1.807) is 6.07 Å². The van der Waals surface area contributed by atoms with Crippen LogP contribution in [0.3, 0.4) is 0 Å². The Morgan fingerprint density at radius 3 is 2.54 bits per heavy atom. The van der Waals surface area contributed by atoms with Crippen molar-refractivity contribution in [1.29, 1.82) is 0 Å². The van der Waals surface area contributed by atoms with Crippen LogP contribution in [0.4, 0.5) is 4.39 Å². The maximum absolute atomic E-state index is 12.7. The van der Waals surface area contributed by atoms with Crippen LogP contribution < -0.4 is 5.73 Å². The summed E-state index contributed by atoms with van der Waals surface area (Å²) in [7, 11) is 0. The zero-order valence-electron chi connectivity index (χ0n) is 7.88. The molecule has 1 atom stereocenters. The van der Waals surface area contributed by atoms with Gasteiger partial charge < -0.3 is 5.73 Å². The normalized spacial score (nSPS) is 12.0. The van der Waals surface area contributed by atoms with Crippen LogP contribution in [0.5, 0.6) is 0 Å². The quantitative estimate of drug-likeness (QED) is 0.786. The van der Waals surface area contributed by atoms with Crippen LogP contribution in [0.25, 0.3) is 0 Å². The van der Waals surface area contributed by atoms with Crippen LogP contribution in [0.15, 0.2) is 18.2 Å². The fraction of sp³-hybridized carbons (Fsp3) is 0.400. The van der Waals surface area contributed by atoms with Gasteiger partial charge in [-0.05, 0) is 36.6 Å². The van der Waals surface area contributed by atoms with Gasteiger partial charge in [0, 0.05) is 6.04 Å². The zero-order chi connectivity index (χ0) is 9.14. The number of hydrogen-bond acceptors (Lipinski definition) is 1. The number of nitrogens with two attached hydrogens (primary N) is 1. The number of aryl methyl sites for hydroxylation is 1. The van der Waals surface area contributed by atoms with E-state index >= 15 is 0 Å². The van der Waals surface area contributed by atoms with Gasteiger partial charge in [-0.3, -0.25) is 0 Å². The van der Waals surface area contributed by atoms with Crippen molar-refractivity contribution in [3.8, 4) is 0 Å². The van der Waals surface area contributed by atoms with Gasteiger partial charge in [0.25, 0.3) is 0 Å². The molecule has 0 saturated carbocycles. The van der Waals surface area contributed by atoms with Crippen LogP contribution in [0.1, 0.15) is 30.5 Å². The highest BCUT2D eigenvalue weighted by atomic mass is 35.5. The number of benzene rings is 1. The molecule has 0 aliphatic heterocycles. The second kappa shape index (κ2) is 5.20. The lowest BCUT2D eigenvalue weighted by Crippen LogP contribution is -2.10. The highest BCUT2D eigenvalue weighted by molar-refractivity contribution is 5.85. The van der Waals surface area contributed by atoms with Crippen LogP contribution in [-0.4, -0.2) is 0 Å². The zero-order valence-corrected chi connectivity index (χ0v) is 8.70. The summed E-state index contributed by atoms with van der Waals surface area (Å²) >= 11 is 0. The molecular weight excluding hydrogens is 189 g/mol. The number of halogens is 2. The Morgan fingerprint density at radius 2 is 2.08 bits per heavy atom. The Hall–Kier alpha value is -0.600. The maximum Gasteiger partial charge on any atom is 0.123 e. The second-order valence-electron chi connectivity index (χ2n) is 3.02. The van der Waals surface area contributed by atoms with Gasteiger partial charge in [0.2, 0.25) is 0 Å². The van der Waals surface area contributed by atoms with Crippen molar-refractivity contribution in [2.45, 2.75) is 26.3 Å². The van der Waals surface area contributed by atoms with E-state index in [2.05, 4.69) is 0 Å². The minimum Gasteiger partial charge on any atom is -0.324 e. The molecule has 0 heterocycles. The van der Waals surface area contributed by atoms with E-state index in [1.165, 1.54) is 12.1 Å². The standard InChI is InChI=1S/C10H14FN.ClH/c1-3-10(12)9-5-4-8(11)6-7(9)2;/h4-6,10H,3,12H2,1-2H3;1H/t10-;/m0./s1. The Labute approximate surface area is 84.5 Å². The van der Waals surface area contributed by atoms with E-state index in [1.807, 2.05) is 13.8 Å². The average Bonchev–Trinajstić information content (AvgIpc) is 2.03. The first-order chi connectivity index (χ1) is 5.65. The van der Waals surface area contributed by atoms with Crippen LogP contribution in [-0.2, 0) is 0 Å². The van der Waals surface area contributed by atoms with Gasteiger partial charge >= 0.3 is 0 Å². The molecule has 0 saturated heterocycles. The molecule has 3 heteroatoms. The lowest BCUT2D eigenvalue weighted by atomic mass is 10.0. The number of rotatable bonds is 2. The predicted octanol–water partition coefficient (Wildman–Crippen LogP) is 2.97. The van der Waals surface area contributed by atoms with E-state index in [-0.39, 0.29) is 24.3 Å². The molecule has 0 radical (unpaired) electrons. The van der Waals surface area contributed by atoms with E-state index in [0.717, 1.165) is 17.5 Å². The molecule has 0 unspecified atom stereocenters. The Morgan fingerprint density at radius 1 is 1.46 bits per heavy atom. The van der Waals surface area contributed by atoms with Crippen LogP contribution >= 0.6 is 12.4 Å². The van der Waals surface area contributed by atoms with Crippen LogP contribution in [0.2, 0.25) is 0 Å². The van der Waals surface area contributed by atoms with Gasteiger partial charge in [-0.2, -0.15) is 0 Å². The van der Waals surface area contributed by atoms with Gasteiger partial charge in [-0.25, -0.2) is 4.39 Å². The summed E-state index contributed by atoms with van der Waals surface area (Å²) < 4.78 is 12.7. The molecule has 0 fully saturated rings. The Balaban J connectivity index is 0.00000144. The Kier molecular flexibility index (Phi) is 4.96. The van der Waals surface area contributed by atoms with Gasteiger partial charge in [0.1, 0.15) is 5.82 Å². The first kappa shape index (κ1) is 12.4. The van der Waals surface area contributed by atoms with E-state index in [0.29, 0.717) is 0 Å². The van der Waals surface area contributed by atoms with Gasteiger partial charge in [0.15, 0.2) is 0 Å². The van der Waals surface area contributed by atoms with E-state index in [4.69, 9.17) is 5.73 Å². The third kappa shape index (κ3) is 2.98. The van der Waals surface area contributed by atoms with Crippen molar-refractivity contribution in [2.24, 2.45) is 5.73 Å². The summed E-state index contributed by atoms with van der Waals surface area (Å²) in [5.41, 5.74) is 7.80. The molecule has 1 nitrogen and oxygen atoms in total. The predicted molar refractivity (Wildman–Crippen MR) is 55.6 cm³/mol. The summed E-state index contributed by atoms with van der Waals surface area (Å²) in [6.07, 6.45) is 0.881. The smallest absolute Gasteiger partial charge is 0.123 e. The minimum absolute atomic E-state index is 0. The molecule has 0 aliphatic carbocycles.